The second-order valence-electron chi connectivity index (χ2n) is 5.01. The Morgan fingerprint density at radius 1 is 1.65 bits per heavy atom. The Kier molecular flexibility index (Phi) is 3.84. The van der Waals surface area contributed by atoms with E-state index < -0.39 is 0 Å². The molecule has 1 saturated heterocycles. The standard InChI is InChI=1S/C13H23N3O/c1-5-14-12(11-6-10(3)17-8-11)13-9(2)7-15-16(13)4/h7,10-12,14H,5-6,8H2,1-4H3. The van der Waals surface area contributed by atoms with Crippen LogP contribution in [0.15, 0.2) is 6.20 Å². The van der Waals surface area contributed by atoms with Gasteiger partial charge >= 0.3 is 0 Å². The smallest absolute Gasteiger partial charge is 0.0583 e. The summed E-state index contributed by atoms with van der Waals surface area (Å²) in [6.07, 6.45) is 3.45. The van der Waals surface area contributed by atoms with Gasteiger partial charge in [-0.2, -0.15) is 5.10 Å². The van der Waals surface area contributed by atoms with Gasteiger partial charge in [0.1, 0.15) is 0 Å². The normalized spacial score (nSPS) is 26.4. The number of nitrogens with zero attached hydrogens (tertiary/aromatic N) is 2. The molecule has 4 nitrogen and oxygen atoms in total. The van der Waals surface area contributed by atoms with E-state index in [9.17, 15) is 0 Å². The molecule has 1 aliphatic rings. The van der Waals surface area contributed by atoms with E-state index in [1.54, 1.807) is 0 Å². The molecule has 17 heavy (non-hydrogen) atoms. The molecule has 0 radical (unpaired) electrons. The van der Waals surface area contributed by atoms with Crippen LogP contribution in [-0.4, -0.2) is 29.0 Å². The van der Waals surface area contributed by atoms with Crippen LogP contribution in [0.25, 0.3) is 0 Å². The van der Waals surface area contributed by atoms with Crippen LogP contribution in [0.5, 0.6) is 0 Å². The molecule has 3 unspecified atom stereocenters. The molecular formula is C13H23N3O. The second kappa shape index (κ2) is 5.19. The lowest BCUT2D eigenvalue weighted by Gasteiger charge is -2.24. The predicted octanol–water partition coefficient (Wildman–Crippen LogP) is 1.80. The van der Waals surface area contributed by atoms with E-state index in [0.29, 0.717) is 18.1 Å². The minimum absolute atomic E-state index is 0.359. The Labute approximate surface area is 103 Å². The molecule has 0 amide bonds. The summed E-state index contributed by atoms with van der Waals surface area (Å²) < 4.78 is 7.69. The van der Waals surface area contributed by atoms with Gasteiger partial charge in [-0.1, -0.05) is 6.92 Å². The molecular weight excluding hydrogens is 214 g/mol. The monoisotopic (exact) mass is 237 g/mol. The van der Waals surface area contributed by atoms with Crippen LogP contribution in [0.3, 0.4) is 0 Å². The molecule has 96 valence electrons. The first-order valence-corrected chi connectivity index (χ1v) is 6.47. The fourth-order valence-corrected chi connectivity index (χ4v) is 2.79. The Hall–Kier alpha value is -0.870. The molecule has 1 fully saturated rings. The highest BCUT2D eigenvalue weighted by molar-refractivity contribution is 5.20. The number of aryl methyl sites for hydroxylation is 2. The third-order valence-electron chi connectivity index (χ3n) is 3.60. The first kappa shape index (κ1) is 12.6. The molecule has 1 aliphatic heterocycles. The van der Waals surface area contributed by atoms with E-state index in [4.69, 9.17) is 4.74 Å². The lowest BCUT2D eigenvalue weighted by atomic mass is 9.92. The van der Waals surface area contributed by atoms with E-state index in [-0.39, 0.29) is 0 Å². The number of aromatic nitrogens is 2. The molecule has 0 aromatic carbocycles. The summed E-state index contributed by atoms with van der Waals surface area (Å²) in [6.45, 7) is 8.26. The van der Waals surface area contributed by atoms with Gasteiger partial charge in [0.25, 0.3) is 0 Å². The Bertz CT molecular complexity index is 355. The lowest BCUT2D eigenvalue weighted by molar-refractivity contribution is 0.116. The quantitative estimate of drug-likeness (QED) is 0.868. The molecule has 3 atom stereocenters. The Morgan fingerprint density at radius 3 is 2.88 bits per heavy atom. The summed E-state index contributed by atoms with van der Waals surface area (Å²) in [7, 11) is 2.02. The molecule has 2 rings (SSSR count). The van der Waals surface area contributed by atoms with Crippen molar-refractivity contribution in [3.05, 3.63) is 17.5 Å². The van der Waals surface area contributed by atoms with Gasteiger partial charge in [-0.05, 0) is 32.4 Å². The average Bonchev–Trinajstić information content (AvgIpc) is 2.84. The molecule has 0 aliphatic carbocycles. The van der Waals surface area contributed by atoms with Gasteiger partial charge in [-0.25, -0.2) is 0 Å². The van der Waals surface area contributed by atoms with Gasteiger partial charge in [0.15, 0.2) is 0 Å². The zero-order valence-electron chi connectivity index (χ0n) is 11.2. The maximum atomic E-state index is 5.70. The summed E-state index contributed by atoms with van der Waals surface area (Å²) in [5, 5.41) is 7.93. The first-order chi connectivity index (χ1) is 8.13. The number of hydrogen-bond acceptors (Lipinski definition) is 3. The summed E-state index contributed by atoms with van der Waals surface area (Å²) >= 11 is 0. The molecule has 1 aromatic heterocycles. The highest BCUT2D eigenvalue weighted by atomic mass is 16.5. The number of ether oxygens (including phenoxy) is 1. The largest absolute Gasteiger partial charge is 0.378 e. The maximum Gasteiger partial charge on any atom is 0.0583 e. The van der Waals surface area contributed by atoms with Crippen molar-refractivity contribution in [3.63, 3.8) is 0 Å². The SMILES string of the molecule is CCNC(c1c(C)cnn1C)C1COC(C)C1. The fourth-order valence-electron chi connectivity index (χ4n) is 2.79. The van der Waals surface area contributed by atoms with Crippen LogP contribution in [0, 0.1) is 12.8 Å². The zero-order valence-corrected chi connectivity index (χ0v) is 11.2. The molecule has 4 heteroatoms. The average molecular weight is 237 g/mol. The molecule has 0 saturated carbocycles. The van der Waals surface area contributed by atoms with Crippen molar-refractivity contribution in [2.24, 2.45) is 13.0 Å². The third-order valence-corrected chi connectivity index (χ3v) is 3.60. The van der Waals surface area contributed by atoms with Crippen LogP contribution in [-0.2, 0) is 11.8 Å². The minimum atomic E-state index is 0.359. The third kappa shape index (κ3) is 2.53. The summed E-state index contributed by atoms with van der Waals surface area (Å²) in [5.41, 5.74) is 2.56. The number of rotatable bonds is 4. The summed E-state index contributed by atoms with van der Waals surface area (Å²) in [4.78, 5) is 0. The van der Waals surface area contributed by atoms with Crippen molar-refractivity contribution < 1.29 is 4.74 Å². The van der Waals surface area contributed by atoms with Crippen LogP contribution in [0.1, 0.15) is 37.6 Å². The minimum Gasteiger partial charge on any atom is -0.378 e. The van der Waals surface area contributed by atoms with Crippen LogP contribution in [0.2, 0.25) is 0 Å². The van der Waals surface area contributed by atoms with E-state index in [0.717, 1.165) is 19.6 Å². The van der Waals surface area contributed by atoms with Crippen molar-refractivity contribution >= 4 is 0 Å². The Balaban J connectivity index is 2.23. The summed E-state index contributed by atoms with van der Waals surface area (Å²) in [5.74, 6) is 0.555. The first-order valence-electron chi connectivity index (χ1n) is 6.47. The van der Waals surface area contributed by atoms with Gasteiger partial charge in [0.05, 0.1) is 30.6 Å². The topological polar surface area (TPSA) is 39.1 Å². The van der Waals surface area contributed by atoms with Crippen LogP contribution >= 0.6 is 0 Å². The van der Waals surface area contributed by atoms with E-state index in [1.807, 2.05) is 17.9 Å². The second-order valence-corrected chi connectivity index (χ2v) is 5.01. The number of nitrogens with one attached hydrogen (secondary N) is 1. The highest BCUT2D eigenvalue weighted by Gasteiger charge is 2.32. The van der Waals surface area contributed by atoms with Gasteiger partial charge in [0.2, 0.25) is 0 Å². The van der Waals surface area contributed by atoms with E-state index in [2.05, 4.69) is 31.2 Å². The van der Waals surface area contributed by atoms with Crippen LogP contribution < -0.4 is 5.32 Å². The number of hydrogen-bond donors (Lipinski definition) is 1. The van der Waals surface area contributed by atoms with Crippen molar-refractivity contribution in [1.82, 2.24) is 15.1 Å². The van der Waals surface area contributed by atoms with Crippen molar-refractivity contribution in [1.29, 1.82) is 0 Å². The maximum absolute atomic E-state index is 5.70. The Morgan fingerprint density at radius 2 is 2.41 bits per heavy atom. The van der Waals surface area contributed by atoms with Gasteiger partial charge < -0.3 is 10.1 Å². The fraction of sp³-hybridized carbons (Fsp3) is 0.769. The van der Waals surface area contributed by atoms with Gasteiger partial charge in [0, 0.05) is 13.0 Å². The highest BCUT2D eigenvalue weighted by Crippen LogP contribution is 2.32. The molecule has 1 aromatic rings. The van der Waals surface area contributed by atoms with Gasteiger partial charge in [-0.3, -0.25) is 4.68 Å². The van der Waals surface area contributed by atoms with Crippen molar-refractivity contribution in [3.8, 4) is 0 Å². The van der Waals surface area contributed by atoms with E-state index >= 15 is 0 Å². The van der Waals surface area contributed by atoms with Gasteiger partial charge in [-0.15, -0.1) is 0 Å². The predicted molar refractivity (Wildman–Crippen MR) is 67.9 cm³/mol. The molecule has 0 bridgehead atoms. The molecule has 0 spiro atoms. The lowest BCUT2D eigenvalue weighted by Crippen LogP contribution is -2.31. The summed E-state index contributed by atoms with van der Waals surface area (Å²) in [6, 6.07) is 0.359. The molecule has 2 heterocycles. The van der Waals surface area contributed by atoms with E-state index in [1.165, 1.54) is 11.3 Å². The zero-order chi connectivity index (χ0) is 12.4. The van der Waals surface area contributed by atoms with Crippen molar-refractivity contribution in [2.45, 2.75) is 39.3 Å². The van der Waals surface area contributed by atoms with Crippen LogP contribution in [0.4, 0.5) is 0 Å². The van der Waals surface area contributed by atoms with Crippen molar-refractivity contribution in [2.75, 3.05) is 13.2 Å². The molecule has 1 N–H and O–H groups in total.